The molecule has 0 fully saturated rings. The molecule has 0 amide bonds. The molecule has 0 heterocycles. The van der Waals surface area contributed by atoms with Crippen LogP contribution in [0.2, 0.25) is 19.6 Å². The van der Waals surface area contributed by atoms with Crippen molar-refractivity contribution in [3.05, 3.63) is 33.9 Å². The number of hydrogen-bond acceptors (Lipinski definition) is 4. The van der Waals surface area contributed by atoms with E-state index in [1.165, 1.54) is 0 Å². The largest absolute Gasteiger partial charge is 0.482 e. The standard InChI is InChI=1S/C12H17F2NO4Si/c1-8(19-20(2,3)4)7-18-12-10(15(16)17)6-5-9(13)11(12)14/h5-6,8H,7H2,1-4H3. The van der Waals surface area contributed by atoms with Crippen LogP contribution in [-0.2, 0) is 4.43 Å². The fourth-order valence-corrected chi connectivity index (χ4v) is 2.92. The Kier molecular flexibility index (Phi) is 5.18. The summed E-state index contributed by atoms with van der Waals surface area (Å²) < 4.78 is 37.4. The molecular formula is C12H17F2NO4Si. The first-order valence-corrected chi connectivity index (χ1v) is 9.45. The van der Waals surface area contributed by atoms with E-state index in [4.69, 9.17) is 9.16 Å². The Balaban J connectivity index is 2.87. The molecule has 5 nitrogen and oxygen atoms in total. The van der Waals surface area contributed by atoms with Crippen molar-refractivity contribution in [2.75, 3.05) is 6.61 Å². The zero-order valence-electron chi connectivity index (χ0n) is 11.8. The summed E-state index contributed by atoms with van der Waals surface area (Å²) in [6.07, 6.45) is -0.371. The van der Waals surface area contributed by atoms with Gasteiger partial charge in [0.1, 0.15) is 6.61 Å². The highest BCUT2D eigenvalue weighted by Gasteiger charge is 2.25. The molecule has 1 aromatic rings. The molecule has 0 bridgehead atoms. The van der Waals surface area contributed by atoms with Gasteiger partial charge in [-0.2, -0.15) is 4.39 Å². The summed E-state index contributed by atoms with van der Waals surface area (Å²) in [5, 5.41) is 10.8. The highest BCUT2D eigenvalue weighted by molar-refractivity contribution is 6.69. The zero-order valence-corrected chi connectivity index (χ0v) is 12.8. The third-order valence-electron chi connectivity index (χ3n) is 2.24. The Morgan fingerprint density at radius 2 is 1.95 bits per heavy atom. The smallest absolute Gasteiger partial charge is 0.314 e. The Hall–Kier alpha value is -1.54. The van der Waals surface area contributed by atoms with E-state index in [9.17, 15) is 18.9 Å². The maximum absolute atomic E-state index is 13.6. The van der Waals surface area contributed by atoms with Gasteiger partial charge in [-0.3, -0.25) is 10.1 Å². The summed E-state index contributed by atoms with van der Waals surface area (Å²) in [6.45, 7) is 7.52. The van der Waals surface area contributed by atoms with E-state index in [-0.39, 0.29) is 12.7 Å². The third kappa shape index (κ3) is 4.53. The van der Waals surface area contributed by atoms with Crippen molar-refractivity contribution in [3.63, 3.8) is 0 Å². The van der Waals surface area contributed by atoms with Gasteiger partial charge in [0.05, 0.1) is 11.0 Å². The van der Waals surface area contributed by atoms with Crippen LogP contribution in [0.5, 0.6) is 5.75 Å². The molecule has 20 heavy (non-hydrogen) atoms. The number of hydrogen-bond donors (Lipinski definition) is 0. The first-order chi connectivity index (χ1) is 9.11. The zero-order chi connectivity index (χ0) is 15.5. The molecular weight excluding hydrogens is 288 g/mol. The van der Waals surface area contributed by atoms with Crippen molar-refractivity contribution in [3.8, 4) is 5.75 Å². The van der Waals surface area contributed by atoms with Crippen LogP contribution < -0.4 is 4.74 Å². The van der Waals surface area contributed by atoms with Crippen LogP contribution in [0.25, 0.3) is 0 Å². The molecule has 0 aromatic heterocycles. The number of ether oxygens (including phenoxy) is 1. The first-order valence-electron chi connectivity index (χ1n) is 6.05. The fourth-order valence-electron chi connectivity index (χ4n) is 1.64. The lowest BCUT2D eigenvalue weighted by molar-refractivity contribution is -0.386. The van der Waals surface area contributed by atoms with Crippen molar-refractivity contribution >= 4 is 14.0 Å². The predicted molar refractivity (Wildman–Crippen MR) is 72.4 cm³/mol. The number of benzene rings is 1. The van der Waals surface area contributed by atoms with Gasteiger partial charge in [-0.05, 0) is 32.6 Å². The summed E-state index contributed by atoms with van der Waals surface area (Å²) in [4.78, 5) is 9.95. The fraction of sp³-hybridized carbons (Fsp3) is 0.500. The summed E-state index contributed by atoms with van der Waals surface area (Å²) in [7, 11) is -1.80. The molecule has 1 rings (SSSR count). The number of nitro groups is 1. The van der Waals surface area contributed by atoms with E-state index in [1.807, 2.05) is 19.6 Å². The lowest BCUT2D eigenvalue weighted by Crippen LogP contribution is -2.33. The van der Waals surface area contributed by atoms with Crippen LogP contribution in [0.15, 0.2) is 12.1 Å². The lowest BCUT2D eigenvalue weighted by atomic mass is 10.2. The van der Waals surface area contributed by atoms with Gasteiger partial charge in [0.25, 0.3) is 0 Å². The van der Waals surface area contributed by atoms with Crippen LogP contribution in [-0.4, -0.2) is 26.0 Å². The molecule has 0 spiro atoms. The molecule has 112 valence electrons. The first kappa shape index (κ1) is 16.5. The Labute approximate surface area is 116 Å². The average molecular weight is 305 g/mol. The van der Waals surface area contributed by atoms with Gasteiger partial charge in [0.2, 0.25) is 11.6 Å². The van der Waals surface area contributed by atoms with Gasteiger partial charge in [-0.1, -0.05) is 0 Å². The number of rotatable bonds is 6. The minimum Gasteiger partial charge on any atom is -0.482 e. The molecule has 0 radical (unpaired) electrons. The summed E-state index contributed by atoms with van der Waals surface area (Å²) in [6, 6.07) is 1.57. The summed E-state index contributed by atoms with van der Waals surface area (Å²) in [5.41, 5.74) is -0.607. The molecule has 0 saturated carbocycles. The highest BCUT2D eigenvalue weighted by Crippen LogP contribution is 2.31. The van der Waals surface area contributed by atoms with Crippen LogP contribution in [0, 0.1) is 21.7 Å². The highest BCUT2D eigenvalue weighted by atomic mass is 28.4. The van der Waals surface area contributed by atoms with Gasteiger partial charge in [0.15, 0.2) is 14.1 Å². The van der Waals surface area contributed by atoms with E-state index >= 15 is 0 Å². The van der Waals surface area contributed by atoms with Gasteiger partial charge in [-0.25, -0.2) is 4.39 Å². The van der Waals surface area contributed by atoms with Gasteiger partial charge in [-0.15, -0.1) is 0 Å². The van der Waals surface area contributed by atoms with Crippen molar-refractivity contribution in [1.82, 2.24) is 0 Å². The summed E-state index contributed by atoms with van der Waals surface area (Å²) >= 11 is 0. The maximum atomic E-state index is 13.6. The normalized spacial score (nSPS) is 13.1. The van der Waals surface area contributed by atoms with Crippen LogP contribution in [0.4, 0.5) is 14.5 Å². The topological polar surface area (TPSA) is 61.6 Å². The second-order valence-corrected chi connectivity index (χ2v) is 9.78. The van der Waals surface area contributed by atoms with Crippen LogP contribution >= 0.6 is 0 Å². The second-order valence-electron chi connectivity index (χ2n) is 5.32. The van der Waals surface area contributed by atoms with Crippen molar-refractivity contribution < 1.29 is 22.9 Å². The van der Waals surface area contributed by atoms with Crippen molar-refractivity contribution in [2.45, 2.75) is 32.7 Å². The Morgan fingerprint density at radius 3 is 2.45 bits per heavy atom. The molecule has 0 aliphatic rings. The van der Waals surface area contributed by atoms with E-state index in [2.05, 4.69) is 0 Å². The Morgan fingerprint density at radius 1 is 1.35 bits per heavy atom. The van der Waals surface area contributed by atoms with Crippen LogP contribution in [0.3, 0.4) is 0 Å². The van der Waals surface area contributed by atoms with Gasteiger partial charge < -0.3 is 9.16 Å². The minimum absolute atomic E-state index is 0.0918. The number of nitrogens with zero attached hydrogens (tertiary/aromatic N) is 1. The molecule has 0 aliphatic heterocycles. The summed E-state index contributed by atoms with van der Waals surface area (Å²) in [5.74, 6) is -3.25. The molecule has 1 atom stereocenters. The molecule has 0 aliphatic carbocycles. The molecule has 1 aromatic carbocycles. The van der Waals surface area contributed by atoms with Crippen LogP contribution in [0.1, 0.15) is 6.92 Å². The van der Waals surface area contributed by atoms with Gasteiger partial charge >= 0.3 is 5.69 Å². The van der Waals surface area contributed by atoms with E-state index in [1.54, 1.807) is 6.92 Å². The molecule has 0 N–H and O–H groups in total. The third-order valence-corrected chi connectivity index (χ3v) is 3.35. The predicted octanol–water partition coefficient (Wildman–Crippen LogP) is 3.49. The second kappa shape index (κ2) is 6.27. The van der Waals surface area contributed by atoms with E-state index in [0.29, 0.717) is 6.07 Å². The number of halogens is 2. The minimum atomic E-state index is -1.80. The quantitative estimate of drug-likeness (QED) is 0.458. The van der Waals surface area contributed by atoms with Crippen molar-refractivity contribution in [1.29, 1.82) is 0 Å². The number of nitro benzene ring substituents is 1. The SMILES string of the molecule is CC(COc1c([N+](=O)[O-])ccc(F)c1F)O[Si](C)(C)C. The molecule has 1 unspecified atom stereocenters. The lowest BCUT2D eigenvalue weighted by Gasteiger charge is -2.23. The molecule has 0 saturated heterocycles. The van der Waals surface area contributed by atoms with E-state index < -0.39 is 36.3 Å². The van der Waals surface area contributed by atoms with Crippen molar-refractivity contribution in [2.24, 2.45) is 0 Å². The van der Waals surface area contributed by atoms with Gasteiger partial charge in [0, 0.05) is 6.07 Å². The average Bonchev–Trinajstić information content (AvgIpc) is 2.28. The molecule has 8 heteroatoms. The monoisotopic (exact) mass is 305 g/mol. The van der Waals surface area contributed by atoms with E-state index in [0.717, 1.165) is 6.07 Å². The Bertz CT molecular complexity index is 505. The maximum Gasteiger partial charge on any atom is 0.314 e.